The topological polar surface area (TPSA) is 21.8 Å². The number of epoxide rings is 1. The first-order chi connectivity index (χ1) is 20.4. The van der Waals surface area contributed by atoms with Gasteiger partial charge in [-0.1, -0.05) is 6.07 Å². The molecule has 2 nitrogen and oxygen atoms in total. The fourth-order valence-corrected chi connectivity index (χ4v) is 16.1. The Bertz CT molecular complexity index is 1210. The van der Waals surface area contributed by atoms with E-state index in [1.54, 1.807) is 30.4 Å². The van der Waals surface area contributed by atoms with Gasteiger partial charge in [-0.3, -0.25) is 0 Å². The number of hydrogen-bond acceptors (Lipinski definition) is 2. The van der Waals surface area contributed by atoms with Gasteiger partial charge in [0.05, 0.1) is 6.61 Å². The second-order valence-corrected chi connectivity index (χ2v) is 19.2. The Morgan fingerprint density at radius 3 is 1.31 bits per heavy atom. The molecule has 14 rings (SSSR count). The van der Waals surface area contributed by atoms with Gasteiger partial charge in [0.25, 0.3) is 0 Å². The van der Waals surface area contributed by atoms with Gasteiger partial charge in [-0.05, 0) is 209 Å². The molecule has 1 heterocycles. The molecule has 12 bridgehead atoms. The van der Waals surface area contributed by atoms with Crippen molar-refractivity contribution in [2.45, 2.75) is 145 Å². The highest BCUT2D eigenvalue weighted by Crippen LogP contribution is 2.69. The molecule has 13 aliphatic rings. The van der Waals surface area contributed by atoms with Crippen molar-refractivity contribution >= 4 is 0 Å². The Hall–Kier alpha value is -1.02. The van der Waals surface area contributed by atoms with Gasteiger partial charge >= 0.3 is 0 Å². The average Bonchev–Trinajstić information content (AvgIpc) is 3.74. The number of ether oxygens (including phenoxy) is 2. The molecule has 0 spiro atoms. The van der Waals surface area contributed by atoms with Crippen LogP contribution in [0.2, 0.25) is 0 Å². The van der Waals surface area contributed by atoms with Crippen molar-refractivity contribution in [3.63, 3.8) is 0 Å². The molecule has 1 unspecified atom stereocenters. The van der Waals surface area contributed by atoms with Crippen LogP contribution in [0.1, 0.15) is 138 Å². The van der Waals surface area contributed by atoms with E-state index in [4.69, 9.17) is 9.47 Å². The Morgan fingerprint density at radius 2 is 0.929 bits per heavy atom. The minimum Gasteiger partial charge on any atom is -0.490 e. The van der Waals surface area contributed by atoms with E-state index in [1.807, 2.05) is 11.1 Å². The highest BCUT2D eigenvalue weighted by atomic mass is 16.6. The molecule has 1 aromatic carbocycles. The molecule has 2 heteroatoms. The molecule has 1 aliphatic heterocycles. The van der Waals surface area contributed by atoms with Crippen molar-refractivity contribution < 1.29 is 9.47 Å². The van der Waals surface area contributed by atoms with Gasteiger partial charge in [0.15, 0.2) is 0 Å². The van der Waals surface area contributed by atoms with Crippen LogP contribution in [0.25, 0.3) is 0 Å². The zero-order valence-electron chi connectivity index (χ0n) is 26.3. The van der Waals surface area contributed by atoms with Gasteiger partial charge in [-0.2, -0.15) is 0 Å². The summed E-state index contributed by atoms with van der Waals surface area (Å²) in [4.78, 5) is 0. The molecular formula is C40H54O2. The van der Waals surface area contributed by atoms with Crippen LogP contribution in [0.4, 0.5) is 0 Å². The Balaban J connectivity index is 1.14. The van der Waals surface area contributed by atoms with Crippen LogP contribution in [0.3, 0.4) is 0 Å². The van der Waals surface area contributed by atoms with E-state index in [1.165, 1.54) is 102 Å². The molecule has 42 heavy (non-hydrogen) atoms. The minimum atomic E-state index is 0.333. The third kappa shape index (κ3) is 3.54. The molecule has 12 aliphatic carbocycles. The Morgan fingerprint density at radius 1 is 0.571 bits per heavy atom. The van der Waals surface area contributed by atoms with E-state index in [2.05, 4.69) is 13.0 Å². The molecule has 0 N–H and O–H groups in total. The Kier molecular flexibility index (Phi) is 5.05. The van der Waals surface area contributed by atoms with Crippen molar-refractivity contribution in [2.75, 3.05) is 13.2 Å². The lowest BCUT2D eigenvalue weighted by Gasteiger charge is -2.62. The summed E-state index contributed by atoms with van der Waals surface area (Å²) in [6.07, 6.45) is 27.5. The molecule has 0 aromatic heterocycles. The molecule has 1 saturated heterocycles. The summed E-state index contributed by atoms with van der Waals surface area (Å²) in [5, 5.41) is 0. The van der Waals surface area contributed by atoms with Crippen molar-refractivity contribution in [2.24, 2.45) is 53.3 Å². The smallest absolute Gasteiger partial charge is 0.126 e. The van der Waals surface area contributed by atoms with Gasteiger partial charge in [0.1, 0.15) is 18.5 Å². The van der Waals surface area contributed by atoms with Gasteiger partial charge in [-0.15, -0.1) is 0 Å². The van der Waals surface area contributed by atoms with E-state index in [9.17, 15) is 0 Å². The maximum atomic E-state index is 7.13. The molecule has 0 radical (unpaired) electrons. The summed E-state index contributed by atoms with van der Waals surface area (Å²) in [7, 11) is 0. The van der Waals surface area contributed by atoms with E-state index < -0.39 is 0 Å². The lowest BCUT2D eigenvalue weighted by atomic mass is 9.43. The van der Waals surface area contributed by atoms with Crippen molar-refractivity contribution in [3.8, 4) is 5.75 Å². The van der Waals surface area contributed by atoms with Crippen LogP contribution >= 0.6 is 0 Å². The maximum absolute atomic E-state index is 7.13. The van der Waals surface area contributed by atoms with E-state index in [-0.39, 0.29) is 0 Å². The monoisotopic (exact) mass is 566 g/mol. The average molecular weight is 567 g/mol. The second-order valence-electron chi connectivity index (χ2n) is 19.2. The number of benzene rings is 1. The first-order valence-electron chi connectivity index (χ1n) is 18.9. The summed E-state index contributed by atoms with van der Waals surface area (Å²) >= 11 is 0. The van der Waals surface area contributed by atoms with Crippen molar-refractivity contribution in [3.05, 3.63) is 28.3 Å². The van der Waals surface area contributed by atoms with Gasteiger partial charge in [0.2, 0.25) is 0 Å². The largest absolute Gasteiger partial charge is 0.490 e. The highest BCUT2D eigenvalue weighted by Gasteiger charge is 2.59. The first-order valence-corrected chi connectivity index (χ1v) is 18.9. The van der Waals surface area contributed by atoms with Crippen LogP contribution in [0.15, 0.2) is 6.07 Å². The predicted molar refractivity (Wildman–Crippen MR) is 166 cm³/mol. The maximum Gasteiger partial charge on any atom is 0.126 e. The normalized spacial score (nSPS) is 53.7. The predicted octanol–water partition coefficient (Wildman–Crippen LogP) is 9.18. The quantitative estimate of drug-likeness (QED) is 0.320. The summed E-state index contributed by atoms with van der Waals surface area (Å²) in [5.41, 5.74) is 8.47. The Labute approximate surface area is 254 Å². The minimum absolute atomic E-state index is 0.333. The second kappa shape index (κ2) is 8.41. The lowest BCUT2D eigenvalue weighted by Crippen LogP contribution is -2.53. The first kappa shape index (κ1) is 25.2. The standard InChI is InChI=1S/C40H54O2/c1-23-36(40-18-30-8-31(19-40)10-32(9-30)20-40)34(38-12-24-2-25(13-38)4-26(3-24)14-38)11-35(37(23)42-22-33-21-41-33)39-15-27-5-28(16-39)7-29(6-27)17-39/h11,24-33H,2-10,12-22H2,1H3. The van der Waals surface area contributed by atoms with E-state index in [0.29, 0.717) is 22.3 Å². The SMILES string of the molecule is Cc1c(OCC2CO2)c(C23CC4CC(CC(C4)C2)C3)cc(C23CC4CC(CC(C4)C2)C3)c1C12CC3CC(CC(C3)C1)C2. The lowest BCUT2D eigenvalue weighted by molar-refractivity contribution is -0.0190. The summed E-state index contributed by atoms with van der Waals surface area (Å²) in [5.74, 6) is 10.3. The third-order valence-corrected chi connectivity index (χ3v) is 16.1. The van der Waals surface area contributed by atoms with Crippen LogP contribution in [-0.4, -0.2) is 19.3 Å². The van der Waals surface area contributed by atoms with Crippen molar-refractivity contribution in [1.29, 1.82) is 0 Å². The number of rotatable bonds is 6. The molecule has 0 amide bonds. The van der Waals surface area contributed by atoms with E-state index in [0.717, 1.165) is 66.5 Å². The fraction of sp³-hybridized carbons (Fsp3) is 0.850. The third-order valence-electron chi connectivity index (χ3n) is 16.1. The fourth-order valence-electron chi connectivity index (χ4n) is 16.1. The van der Waals surface area contributed by atoms with E-state index >= 15 is 0 Å². The zero-order valence-corrected chi connectivity index (χ0v) is 26.3. The highest BCUT2D eigenvalue weighted by molar-refractivity contribution is 5.59. The zero-order chi connectivity index (χ0) is 27.4. The molecular weight excluding hydrogens is 512 g/mol. The summed E-state index contributed by atoms with van der Waals surface area (Å²) in [6, 6.07) is 2.98. The molecule has 1 aromatic rings. The van der Waals surface area contributed by atoms with Crippen LogP contribution in [0.5, 0.6) is 5.75 Å². The van der Waals surface area contributed by atoms with Gasteiger partial charge in [-0.25, -0.2) is 0 Å². The molecule has 226 valence electrons. The molecule has 12 saturated carbocycles. The summed E-state index contributed by atoms with van der Waals surface area (Å²) in [6.45, 7) is 4.27. The van der Waals surface area contributed by atoms with Gasteiger partial charge in [0, 0.05) is 5.56 Å². The molecule has 13 fully saturated rings. The van der Waals surface area contributed by atoms with Gasteiger partial charge < -0.3 is 9.47 Å². The van der Waals surface area contributed by atoms with Crippen LogP contribution in [-0.2, 0) is 21.0 Å². The summed E-state index contributed by atoms with van der Waals surface area (Å²) < 4.78 is 12.9. The van der Waals surface area contributed by atoms with Crippen LogP contribution < -0.4 is 4.74 Å². The van der Waals surface area contributed by atoms with Crippen molar-refractivity contribution in [1.82, 2.24) is 0 Å². The molecule has 1 atom stereocenters. The van der Waals surface area contributed by atoms with Crippen LogP contribution in [0, 0.1) is 60.2 Å². The number of hydrogen-bond donors (Lipinski definition) is 0.